The summed E-state index contributed by atoms with van der Waals surface area (Å²) in [6.07, 6.45) is -1.99. The van der Waals surface area contributed by atoms with Gasteiger partial charge in [0.25, 0.3) is 6.43 Å². The Morgan fingerprint density at radius 3 is 2.17 bits per heavy atom. The minimum atomic E-state index is -2.53. The van der Waals surface area contributed by atoms with Gasteiger partial charge in [0, 0.05) is 11.1 Å². The minimum Gasteiger partial charge on any atom is -0.298 e. The van der Waals surface area contributed by atoms with E-state index in [1.807, 2.05) is 0 Å². The number of benzene rings is 2. The molecule has 92 valence electrons. The minimum absolute atomic E-state index is 0.0919. The number of hydrogen-bond donors (Lipinski definition) is 0. The van der Waals surface area contributed by atoms with Crippen LogP contribution >= 0.6 is 0 Å². The van der Waals surface area contributed by atoms with Gasteiger partial charge in [-0.25, -0.2) is 13.2 Å². The van der Waals surface area contributed by atoms with Gasteiger partial charge in [0.05, 0.1) is 0 Å². The maximum absolute atomic E-state index is 13.2. The molecule has 0 aromatic heterocycles. The zero-order valence-electron chi connectivity index (χ0n) is 9.24. The fourth-order valence-electron chi connectivity index (χ4n) is 1.67. The van der Waals surface area contributed by atoms with Gasteiger partial charge in [-0.15, -0.1) is 0 Å². The smallest absolute Gasteiger partial charge is 0.263 e. The number of halogens is 3. The lowest BCUT2D eigenvalue weighted by Crippen LogP contribution is -1.88. The molecule has 0 fully saturated rings. The second kappa shape index (κ2) is 5.04. The summed E-state index contributed by atoms with van der Waals surface area (Å²) >= 11 is 0. The van der Waals surface area contributed by atoms with Gasteiger partial charge in [0.15, 0.2) is 0 Å². The Hall–Kier alpha value is -2.10. The molecule has 0 atom stereocenters. The molecule has 0 saturated carbocycles. The lowest BCUT2D eigenvalue weighted by Gasteiger charge is -2.05. The van der Waals surface area contributed by atoms with Crippen molar-refractivity contribution in [3.63, 3.8) is 0 Å². The molecule has 0 heterocycles. The van der Waals surface area contributed by atoms with Crippen molar-refractivity contribution in [3.8, 4) is 11.1 Å². The molecule has 0 aliphatic carbocycles. The van der Waals surface area contributed by atoms with E-state index in [0.717, 1.165) is 6.07 Å². The molecule has 2 aromatic rings. The molecule has 18 heavy (non-hydrogen) atoms. The molecule has 0 aliphatic heterocycles. The summed E-state index contributed by atoms with van der Waals surface area (Å²) in [6.45, 7) is 0. The first-order valence-electron chi connectivity index (χ1n) is 5.24. The molecule has 0 amide bonds. The fraction of sp³-hybridized carbons (Fsp3) is 0.0714. The van der Waals surface area contributed by atoms with Gasteiger partial charge < -0.3 is 0 Å². The van der Waals surface area contributed by atoms with Crippen molar-refractivity contribution in [2.24, 2.45) is 0 Å². The second-order valence-corrected chi connectivity index (χ2v) is 3.81. The Balaban J connectivity index is 2.42. The van der Waals surface area contributed by atoms with Gasteiger partial charge in [0.1, 0.15) is 12.1 Å². The summed E-state index contributed by atoms with van der Waals surface area (Å²) in [5.41, 5.74) is 1.19. The van der Waals surface area contributed by atoms with E-state index in [4.69, 9.17) is 0 Å². The predicted octanol–water partition coefficient (Wildman–Crippen LogP) is 4.24. The largest absolute Gasteiger partial charge is 0.298 e. The lowest BCUT2D eigenvalue weighted by atomic mass is 10.0. The first-order chi connectivity index (χ1) is 8.60. The van der Waals surface area contributed by atoms with Crippen LogP contribution in [-0.4, -0.2) is 6.29 Å². The Morgan fingerprint density at radius 2 is 1.61 bits per heavy atom. The maximum Gasteiger partial charge on any atom is 0.263 e. The number of aldehydes is 1. The van der Waals surface area contributed by atoms with Crippen LogP contribution in [0.4, 0.5) is 13.2 Å². The number of rotatable bonds is 3. The first kappa shape index (κ1) is 12.4. The van der Waals surface area contributed by atoms with Crippen molar-refractivity contribution >= 4 is 6.29 Å². The molecule has 2 rings (SSSR count). The average Bonchev–Trinajstić information content (AvgIpc) is 2.38. The molecular weight excluding hydrogens is 241 g/mol. The van der Waals surface area contributed by atoms with Crippen molar-refractivity contribution in [2.45, 2.75) is 6.43 Å². The molecule has 4 heteroatoms. The summed E-state index contributed by atoms with van der Waals surface area (Å²) in [5, 5.41) is 0. The average molecular weight is 250 g/mol. The Morgan fingerprint density at radius 1 is 0.944 bits per heavy atom. The maximum atomic E-state index is 13.2. The van der Waals surface area contributed by atoms with Crippen LogP contribution in [0.3, 0.4) is 0 Å². The monoisotopic (exact) mass is 250 g/mol. The molecule has 0 unspecified atom stereocenters. The molecule has 0 bridgehead atoms. The molecule has 0 aliphatic rings. The van der Waals surface area contributed by atoms with Gasteiger partial charge in [-0.3, -0.25) is 4.79 Å². The topological polar surface area (TPSA) is 17.1 Å². The predicted molar refractivity (Wildman–Crippen MR) is 62.2 cm³/mol. The van der Waals surface area contributed by atoms with Gasteiger partial charge in [-0.2, -0.15) is 0 Å². The molecule has 0 saturated heterocycles. The van der Waals surface area contributed by atoms with E-state index in [2.05, 4.69) is 0 Å². The zero-order valence-corrected chi connectivity index (χ0v) is 9.24. The summed E-state index contributed by atoms with van der Waals surface area (Å²) in [4.78, 5) is 10.6. The number of carbonyl (C=O) groups excluding carboxylic acids is 1. The van der Waals surface area contributed by atoms with Crippen molar-refractivity contribution in [2.75, 3.05) is 0 Å². The van der Waals surface area contributed by atoms with Crippen LogP contribution in [0.5, 0.6) is 0 Å². The SMILES string of the molecule is O=Cc1cc(F)cc(-c2ccc(C(F)F)cc2)c1. The van der Waals surface area contributed by atoms with Crippen LogP contribution in [0, 0.1) is 5.82 Å². The van der Waals surface area contributed by atoms with E-state index in [9.17, 15) is 18.0 Å². The quantitative estimate of drug-likeness (QED) is 0.744. The van der Waals surface area contributed by atoms with Crippen molar-refractivity contribution in [3.05, 3.63) is 59.4 Å². The van der Waals surface area contributed by atoms with E-state index >= 15 is 0 Å². The summed E-state index contributed by atoms with van der Waals surface area (Å²) in [6, 6.07) is 9.40. The lowest BCUT2D eigenvalue weighted by molar-refractivity contribution is 0.112. The normalized spacial score (nSPS) is 10.7. The fourth-order valence-corrected chi connectivity index (χ4v) is 1.67. The first-order valence-corrected chi connectivity index (χ1v) is 5.24. The Bertz CT molecular complexity index is 562. The van der Waals surface area contributed by atoms with Gasteiger partial charge >= 0.3 is 0 Å². The molecule has 2 aromatic carbocycles. The number of carbonyl (C=O) groups is 1. The molecular formula is C14H9F3O. The highest BCUT2D eigenvalue weighted by Gasteiger charge is 2.07. The van der Waals surface area contributed by atoms with Gasteiger partial charge in [-0.1, -0.05) is 24.3 Å². The van der Waals surface area contributed by atoms with Crippen LogP contribution in [0.2, 0.25) is 0 Å². The Labute approximate surface area is 102 Å². The summed E-state index contributed by atoms with van der Waals surface area (Å²) < 4.78 is 38.0. The van der Waals surface area contributed by atoms with E-state index < -0.39 is 12.2 Å². The van der Waals surface area contributed by atoms with Crippen molar-refractivity contribution < 1.29 is 18.0 Å². The molecule has 0 radical (unpaired) electrons. The molecule has 0 N–H and O–H groups in total. The number of alkyl halides is 2. The van der Waals surface area contributed by atoms with Gasteiger partial charge in [0.2, 0.25) is 0 Å². The molecule has 1 nitrogen and oxygen atoms in total. The highest BCUT2D eigenvalue weighted by molar-refractivity contribution is 5.79. The van der Waals surface area contributed by atoms with E-state index in [1.165, 1.54) is 36.4 Å². The molecule has 0 spiro atoms. The Kier molecular flexibility index (Phi) is 3.46. The third-order valence-corrected chi connectivity index (χ3v) is 2.55. The summed E-state index contributed by atoms with van der Waals surface area (Å²) in [5.74, 6) is -0.535. The van der Waals surface area contributed by atoms with Crippen molar-refractivity contribution in [1.29, 1.82) is 0 Å². The van der Waals surface area contributed by atoms with Crippen LogP contribution < -0.4 is 0 Å². The third-order valence-electron chi connectivity index (χ3n) is 2.55. The standard InChI is InChI=1S/C14H9F3O/c15-13-6-9(8-18)5-12(7-13)10-1-3-11(4-2-10)14(16)17/h1-8,14H. The van der Waals surface area contributed by atoms with E-state index in [0.29, 0.717) is 17.4 Å². The van der Waals surface area contributed by atoms with E-state index in [-0.39, 0.29) is 11.1 Å². The van der Waals surface area contributed by atoms with Crippen LogP contribution in [0.25, 0.3) is 11.1 Å². The van der Waals surface area contributed by atoms with E-state index in [1.54, 1.807) is 0 Å². The van der Waals surface area contributed by atoms with Crippen LogP contribution in [-0.2, 0) is 0 Å². The van der Waals surface area contributed by atoms with Crippen LogP contribution in [0.15, 0.2) is 42.5 Å². The number of hydrogen-bond acceptors (Lipinski definition) is 1. The van der Waals surface area contributed by atoms with Gasteiger partial charge in [-0.05, 0) is 29.3 Å². The van der Waals surface area contributed by atoms with Crippen LogP contribution in [0.1, 0.15) is 22.3 Å². The summed E-state index contributed by atoms with van der Waals surface area (Å²) in [7, 11) is 0. The third kappa shape index (κ3) is 2.59. The highest BCUT2D eigenvalue weighted by Crippen LogP contribution is 2.25. The second-order valence-electron chi connectivity index (χ2n) is 3.81. The van der Waals surface area contributed by atoms with Crippen molar-refractivity contribution in [1.82, 2.24) is 0 Å². The highest BCUT2D eigenvalue weighted by atomic mass is 19.3. The zero-order chi connectivity index (χ0) is 13.1.